The first-order chi connectivity index (χ1) is 39.0. The van der Waals surface area contributed by atoms with Crippen LogP contribution in [0.4, 0.5) is 0 Å². The first-order valence-corrected chi connectivity index (χ1v) is 32.0. The van der Waals surface area contributed by atoms with Crippen LogP contribution in [0.25, 0.3) is 0 Å². The van der Waals surface area contributed by atoms with E-state index in [4.69, 9.17) is 14.2 Å². The monoisotopic (exact) mass is 1090 g/mol. The quantitative estimate of drug-likeness (QED) is 0.0261. The average molecular weight is 1090 g/mol. The van der Waals surface area contributed by atoms with Gasteiger partial charge in [0.2, 0.25) is 0 Å². The van der Waals surface area contributed by atoms with Crippen LogP contribution in [0.2, 0.25) is 0 Å². The fourth-order valence-electron chi connectivity index (χ4n) is 8.24. The molecule has 1 unspecified atom stereocenters. The molecular formula is C73H116O6. The molecule has 0 saturated carbocycles. The number of allylic oxidation sites excluding steroid dienone is 26. The number of carbonyl (C=O) groups excluding carboxylic acids is 3. The molecule has 6 nitrogen and oxygen atoms in total. The molecular weight excluding hydrogens is 973 g/mol. The normalized spacial score (nSPS) is 13.2. The molecule has 0 spiro atoms. The molecule has 0 aliphatic heterocycles. The van der Waals surface area contributed by atoms with Gasteiger partial charge in [-0.1, -0.05) is 269 Å². The van der Waals surface area contributed by atoms with Crippen molar-refractivity contribution < 1.29 is 28.6 Å². The van der Waals surface area contributed by atoms with Crippen LogP contribution in [0.3, 0.4) is 0 Å². The van der Waals surface area contributed by atoms with Crippen LogP contribution in [-0.4, -0.2) is 37.2 Å². The lowest BCUT2D eigenvalue weighted by molar-refractivity contribution is -0.167. The van der Waals surface area contributed by atoms with Gasteiger partial charge in [0.25, 0.3) is 0 Å². The molecule has 79 heavy (non-hydrogen) atoms. The Bertz CT molecular complexity index is 1780. The van der Waals surface area contributed by atoms with Crippen LogP contribution in [0.5, 0.6) is 0 Å². The number of esters is 3. The van der Waals surface area contributed by atoms with E-state index in [0.717, 1.165) is 173 Å². The maximum atomic E-state index is 12.8. The van der Waals surface area contributed by atoms with Crippen molar-refractivity contribution in [3.63, 3.8) is 0 Å². The molecule has 0 aliphatic rings. The largest absolute Gasteiger partial charge is 0.462 e. The standard InChI is InChI=1S/C73H116O6/c1-4-7-10-13-15-17-19-21-23-25-27-29-30-31-32-33-34-35-36-37-38-39-40-41-42-44-45-47-49-51-53-55-57-60-63-66-72(75)78-69-70(68-77-71(74)65-62-59-12-9-6-3)79-73(76)67-64-61-58-56-54-52-50-48-46-43-28-26-24-22-20-18-16-14-11-8-5-2/h7,10,15,17,20-23,26-29,31-32,34-35,37-38,40-41,44-46,48-49,51,70H,4-6,8-9,11-14,16,18-19,24-25,30,33,36,39,42-43,47,50,52-69H2,1-3H3/b10-7-,17-15-,22-20-,23-21-,28-26-,29-27-,32-31-,35-34-,38-37-,41-40-,45-44-,48-46-,51-49-. The summed E-state index contributed by atoms with van der Waals surface area (Å²) in [4.78, 5) is 37.9. The van der Waals surface area contributed by atoms with Crippen molar-refractivity contribution in [2.45, 2.75) is 271 Å². The maximum Gasteiger partial charge on any atom is 0.306 e. The van der Waals surface area contributed by atoms with Crippen LogP contribution < -0.4 is 0 Å². The van der Waals surface area contributed by atoms with Crippen molar-refractivity contribution >= 4 is 17.9 Å². The van der Waals surface area contributed by atoms with Gasteiger partial charge >= 0.3 is 17.9 Å². The van der Waals surface area contributed by atoms with E-state index >= 15 is 0 Å². The van der Waals surface area contributed by atoms with Crippen molar-refractivity contribution in [3.05, 3.63) is 158 Å². The molecule has 0 saturated heterocycles. The Hall–Kier alpha value is -4.97. The molecule has 0 N–H and O–H groups in total. The van der Waals surface area contributed by atoms with E-state index in [0.29, 0.717) is 19.3 Å². The molecule has 0 aliphatic carbocycles. The molecule has 0 bridgehead atoms. The third kappa shape index (κ3) is 63.7. The number of hydrogen-bond donors (Lipinski definition) is 0. The van der Waals surface area contributed by atoms with E-state index in [9.17, 15) is 14.4 Å². The summed E-state index contributed by atoms with van der Waals surface area (Å²) in [5.41, 5.74) is 0. The SMILES string of the molecule is CC/C=C\C/C=C\C/C=C\C/C=C\C/C=C\C/C=C\C/C=C\C/C=C\C/C=C\C/C=C\CCCCCCC(=O)OCC(COC(=O)CCCCCCC)OC(=O)CCCCCCCC/C=C\C/C=C\C/C=C\CCCCCCC. The second kappa shape index (κ2) is 65.5. The fraction of sp³-hybridized carbons (Fsp3) is 0.603. The summed E-state index contributed by atoms with van der Waals surface area (Å²) in [6.07, 6.45) is 95.8. The summed E-state index contributed by atoms with van der Waals surface area (Å²) in [6.45, 7) is 6.39. The Balaban J connectivity index is 4.17. The predicted octanol–water partition coefficient (Wildman–Crippen LogP) is 22.1. The predicted molar refractivity (Wildman–Crippen MR) is 343 cm³/mol. The van der Waals surface area contributed by atoms with Gasteiger partial charge in [-0.05, 0) is 135 Å². The second-order valence-corrected chi connectivity index (χ2v) is 20.6. The van der Waals surface area contributed by atoms with Crippen LogP contribution in [-0.2, 0) is 28.6 Å². The van der Waals surface area contributed by atoms with Crippen molar-refractivity contribution in [3.8, 4) is 0 Å². The molecule has 0 rings (SSSR count). The Labute approximate surface area is 486 Å². The van der Waals surface area contributed by atoms with E-state index in [1.807, 2.05) is 0 Å². The molecule has 0 aromatic carbocycles. The van der Waals surface area contributed by atoms with Crippen LogP contribution in [0, 0.1) is 0 Å². The van der Waals surface area contributed by atoms with E-state index in [2.05, 4.69) is 179 Å². The molecule has 444 valence electrons. The van der Waals surface area contributed by atoms with Gasteiger partial charge in [-0.25, -0.2) is 0 Å². The molecule has 0 amide bonds. The fourth-order valence-corrected chi connectivity index (χ4v) is 8.24. The highest BCUT2D eigenvalue weighted by molar-refractivity contribution is 5.71. The summed E-state index contributed by atoms with van der Waals surface area (Å²) in [5.74, 6) is -0.955. The second-order valence-electron chi connectivity index (χ2n) is 20.6. The van der Waals surface area contributed by atoms with Gasteiger partial charge in [-0.2, -0.15) is 0 Å². The number of hydrogen-bond acceptors (Lipinski definition) is 6. The zero-order chi connectivity index (χ0) is 57.1. The molecule has 0 aromatic rings. The van der Waals surface area contributed by atoms with E-state index in [-0.39, 0.29) is 31.1 Å². The third-order valence-electron chi connectivity index (χ3n) is 13.0. The number of carbonyl (C=O) groups is 3. The first kappa shape index (κ1) is 74.0. The highest BCUT2D eigenvalue weighted by Crippen LogP contribution is 2.13. The minimum absolute atomic E-state index is 0.0975. The maximum absolute atomic E-state index is 12.8. The lowest BCUT2D eigenvalue weighted by Crippen LogP contribution is -2.30. The minimum Gasteiger partial charge on any atom is -0.462 e. The zero-order valence-electron chi connectivity index (χ0n) is 50.8. The summed E-state index contributed by atoms with van der Waals surface area (Å²) < 4.78 is 16.7. The molecule has 0 fully saturated rings. The Morgan fingerprint density at radius 3 is 0.772 bits per heavy atom. The van der Waals surface area contributed by atoms with E-state index in [1.54, 1.807) is 0 Å². The van der Waals surface area contributed by atoms with Gasteiger partial charge in [-0.15, -0.1) is 0 Å². The number of unbranched alkanes of at least 4 members (excludes halogenated alkanes) is 19. The third-order valence-corrected chi connectivity index (χ3v) is 13.0. The number of rotatable bonds is 56. The highest BCUT2D eigenvalue weighted by atomic mass is 16.6. The van der Waals surface area contributed by atoms with Gasteiger partial charge in [-0.3, -0.25) is 14.4 Å². The Morgan fingerprint density at radius 1 is 0.266 bits per heavy atom. The van der Waals surface area contributed by atoms with E-state index in [1.165, 1.54) is 51.4 Å². The Kier molecular flexibility index (Phi) is 61.4. The van der Waals surface area contributed by atoms with Gasteiger partial charge in [0.1, 0.15) is 13.2 Å². The summed E-state index contributed by atoms with van der Waals surface area (Å²) in [7, 11) is 0. The van der Waals surface area contributed by atoms with Crippen LogP contribution in [0.1, 0.15) is 265 Å². The summed E-state index contributed by atoms with van der Waals surface area (Å²) in [6, 6.07) is 0. The minimum atomic E-state index is -0.799. The lowest BCUT2D eigenvalue weighted by Gasteiger charge is -2.18. The summed E-state index contributed by atoms with van der Waals surface area (Å²) >= 11 is 0. The van der Waals surface area contributed by atoms with Gasteiger partial charge in [0, 0.05) is 19.3 Å². The van der Waals surface area contributed by atoms with Crippen molar-refractivity contribution in [1.82, 2.24) is 0 Å². The molecule has 1 atom stereocenters. The van der Waals surface area contributed by atoms with Crippen LogP contribution in [0.15, 0.2) is 158 Å². The van der Waals surface area contributed by atoms with Crippen molar-refractivity contribution in [1.29, 1.82) is 0 Å². The molecule has 0 heterocycles. The number of ether oxygens (including phenoxy) is 3. The van der Waals surface area contributed by atoms with Crippen molar-refractivity contribution in [2.24, 2.45) is 0 Å². The molecule has 0 aromatic heterocycles. The van der Waals surface area contributed by atoms with Gasteiger partial charge < -0.3 is 14.2 Å². The zero-order valence-corrected chi connectivity index (χ0v) is 50.8. The smallest absolute Gasteiger partial charge is 0.306 e. The molecule has 0 radical (unpaired) electrons. The Morgan fingerprint density at radius 2 is 0.494 bits per heavy atom. The first-order valence-electron chi connectivity index (χ1n) is 32.0. The molecule has 6 heteroatoms. The highest BCUT2D eigenvalue weighted by Gasteiger charge is 2.19. The summed E-state index contributed by atoms with van der Waals surface area (Å²) in [5, 5.41) is 0. The topological polar surface area (TPSA) is 78.9 Å². The van der Waals surface area contributed by atoms with Crippen LogP contribution >= 0.6 is 0 Å². The van der Waals surface area contributed by atoms with E-state index < -0.39 is 6.10 Å². The van der Waals surface area contributed by atoms with Gasteiger partial charge in [0.05, 0.1) is 0 Å². The average Bonchev–Trinajstić information content (AvgIpc) is 3.45. The lowest BCUT2D eigenvalue weighted by atomic mass is 10.1. The van der Waals surface area contributed by atoms with Crippen molar-refractivity contribution in [2.75, 3.05) is 13.2 Å². The van der Waals surface area contributed by atoms with Gasteiger partial charge in [0.15, 0.2) is 6.10 Å².